The van der Waals surface area contributed by atoms with E-state index in [1.54, 1.807) is 29.5 Å². The summed E-state index contributed by atoms with van der Waals surface area (Å²) in [5.74, 6) is -1.41. The first-order valence-electron chi connectivity index (χ1n) is 6.58. The van der Waals surface area contributed by atoms with E-state index in [9.17, 15) is 9.90 Å². The Labute approximate surface area is 131 Å². The predicted molar refractivity (Wildman–Crippen MR) is 87.4 cm³/mol. The number of fused-ring (bicyclic) bond motifs is 1. The molecule has 4 heteroatoms. The van der Waals surface area contributed by atoms with Crippen molar-refractivity contribution in [1.29, 1.82) is 0 Å². The molecule has 0 bridgehead atoms. The van der Waals surface area contributed by atoms with Gasteiger partial charge in [0.25, 0.3) is 0 Å². The lowest BCUT2D eigenvalue weighted by Crippen LogP contribution is -2.14. The first-order valence-corrected chi connectivity index (χ1v) is 7.84. The van der Waals surface area contributed by atoms with Crippen LogP contribution in [0.1, 0.15) is 17.0 Å². The van der Waals surface area contributed by atoms with Crippen LogP contribution in [0.15, 0.2) is 53.9 Å². The van der Waals surface area contributed by atoms with Crippen LogP contribution in [0.3, 0.4) is 0 Å². The van der Waals surface area contributed by atoms with E-state index in [4.69, 9.17) is 11.6 Å². The Kier molecular flexibility index (Phi) is 3.95. The molecule has 2 nitrogen and oxygen atoms in total. The number of thiophene rings is 1. The van der Waals surface area contributed by atoms with Gasteiger partial charge in [-0.1, -0.05) is 41.9 Å². The Hall–Kier alpha value is -1.84. The zero-order chi connectivity index (χ0) is 14.8. The maximum Gasteiger partial charge on any atom is 0.311 e. The van der Waals surface area contributed by atoms with Crippen LogP contribution in [0, 0.1) is 0 Å². The van der Waals surface area contributed by atoms with E-state index in [1.807, 2.05) is 29.6 Å². The lowest BCUT2D eigenvalue weighted by Gasteiger charge is -2.12. The van der Waals surface area contributed by atoms with Crippen molar-refractivity contribution in [1.82, 2.24) is 0 Å². The molecule has 0 aliphatic rings. The molecule has 1 atom stereocenters. The summed E-state index contributed by atoms with van der Waals surface area (Å²) in [6.07, 6.45) is 0.472. The number of aliphatic carboxylic acids is 1. The highest BCUT2D eigenvalue weighted by molar-refractivity contribution is 7.17. The second kappa shape index (κ2) is 5.88. The first kappa shape index (κ1) is 14.1. The summed E-state index contributed by atoms with van der Waals surface area (Å²) >= 11 is 7.63. The maximum absolute atomic E-state index is 11.6. The van der Waals surface area contributed by atoms with Crippen molar-refractivity contribution >= 4 is 39.0 Å². The highest BCUT2D eigenvalue weighted by Crippen LogP contribution is 2.31. The lowest BCUT2D eigenvalue weighted by molar-refractivity contribution is -0.138. The molecule has 0 radical (unpaired) electrons. The van der Waals surface area contributed by atoms with Crippen molar-refractivity contribution in [2.75, 3.05) is 0 Å². The standard InChI is InChI=1S/C17H13ClO2S/c18-13-5-3-4-11(8-13)15(17(19)20)9-12-10-21-16-7-2-1-6-14(12)16/h1-8,10,15H,9H2,(H,19,20). The second-order valence-corrected chi connectivity index (χ2v) is 6.25. The highest BCUT2D eigenvalue weighted by Gasteiger charge is 2.22. The van der Waals surface area contributed by atoms with Crippen LogP contribution < -0.4 is 0 Å². The summed E-state index contributed by atoms with van der Waals surface area (Å²) in [5, 5.41) is 13.3. The van der Waals surface area contributed by atoms with Crippen LogP contribution in [0.25, 0.3) is 10.1 Å². The van der Waals surface area contributed by atoms with Crippen LogP contribution in [0.2, 0.25) is 5.02 Å². The van der Waals surface area contributed by atoms with E-state index in [0.717, 1.165) is 16.5 Å². The minimum atomic E-state index is -0.826. The molecule has 0 fully saturated rings. The molecule has 2 aromatic carbocycles. The molecule has 3 rings (SSSR count). The number of hydrogen-bond donors (Lipinski definition) is 1. The molecular formula is C17H13ClO2S. The van der Waals surface area contributed by atoms with Gasteiger partial charge in [0, 0.05) is 9.72 Å². The Morgan fingerprint density at radius 3 is 2.76 bits per heavy atom. The number of benzene rings is 2. The van der Waals surface area contributed by atoms with Crippen LogP contribution in [-0.2, 0) is 11.2 Å². The van der Waals surface area contributed by atoms with E-state index in [-0.39, 0.29) is 0 Å². The van der Waals surface area contributed by atoms with Crippen LogP contribution >= 0.6 is 22.9 Å². The van der Waals surface area contributed by atoms with Crippen molar-refractivity contribution in [3.63, 3.8) is 0 Å². The van der Waals surface area contributed by atoms with Crippen molar-refractivity contribution in [3.8, 4) is 0 Å². The molecule has 106 valence electrons. The molecule has 0 spiro atoms. The molecule has 0 amide bonds. The second-order valence-electron chi connectivity index (χ2n) is 4.91. The van der Waals surface area contributed by atoms with Gasteiger partial charge in [0.1, 0.15) is 0 Å². The van der Waals surface area contributed by atoms with E-state index in [0.29, 0.717) is 11.4 Å². The topological polar surface area (TPSA) is 37.3 Å². The number of carbonyl (C=O) groups is 1. The van der Waals surface area contributed by atoms with E-state index in [1.165, 1.54) is 4.70 Å². The molecule has 0 aliphatic heterocycles. The third kappa shape index (κ3) is 2.94. The van der Waals surface area contributed by atoms with Crippen LogP contribution in [0.5, 0.6) is 0 Å². The van der Waals surface area contributed by atoms with Crippen molar-refractivity contribution in [2.45, 2.75) is 12.3 Å². The Bertz CT molecular complexity index is 794. The highest BCUT2D eigenvalue weighted by atomic mass is 35.5. The number of hydrogen-bond acceptors (Lipinski definition) is 2. The van der Waals surface area contributed by atoms with Gasteiger partial charge in [-0.25, -0.2) is 0 Å². The number of halogens is 1. The molecule has 0 saturated carbocycles. The summed E-state index contributed by atoms with van der Waals surface area (Å²) in [6.45, 7) is 0. The fourth-order valence-electron chi connectivity index (χ4n) is 2.48. The molecule has 3 aromatic rings. The van der Waals surface area contributed by atoms with Gasteiger partial charge in [0.2, 0.25) is 0 Å². The summed E-state index contributed by atoms with van der Waals surface area (Å²) < 4.78 is 1.18. The molecule has 1 aromatic heterocycles. The molecule has 21 heavy (non-hydrogen) atoms. The van der Waals surface area contributed by atoms with Crippen molar-refractivity contribution in [3.05, 3.63) is 70.1 Å². The summed E-state index contributed by atoms with van der Waals surface area (Å²) in [7, 11) is 0. The molecule has 1 heterocycles. The third-order valence-corrected chi connectivity index (χ3v) is 4.78. The summed E-state index contributed by atoms with van der Waals surface area (Å²) in [4.78, 5) is 11.6. The number of rotatable bonds is 4. The zero-order valence-corrected chi connectivity index (χ0v) is 12.7. The van der Waals surface area contributed by atoms with Crippen LogP contribution in [-0.4, -0.2) is 11.1 Å². The maximum atomic E-state index is 11.6. The summed E-state index contributed by atoms with van der Waals surface area (Å²) in [6, 6.07) is 15.2. The molecule has 0 saturated heterocycles. The Balaban J connectivity index is 1.98. The largest absolute Gasteiger partial charge is 0.481 e. The Morgan fingerprint density at radius 2 is 2.00 bits per heavy atom. The zero-order valence-electron chi connectivity index (χ0n) is 11.1. The average molecular weight is 317 g/mol. The molecule has 1 unspecified atom stereocenters. The van der Waals surface area contributed by atoms with Gasteiger partial charge in [-0.15, -0.1) is 11.3 Å². The van der Waals surface area contributed by atoms with Crippen molar-refractivity contribution < 1.29 is 9.90 Å². The van der Waals surface area contributed by atoms with E-state index in [2.05, 4.69) is 6.07 Å². The molecular weight excluding hydrogens is 304 g/mol. The molecule has 1 N–H and O–H groups in total. The average Bonchev–Trinajstić information content (AvgIpc) is 2.87. The summed E-state index contributed by atoms with van der Waals surface area (Å²) in [5.41, 5.74) is 1.81. The monoisotopic (exact) mass is 316 g/mol. The predicted octanol–water partition coefficient (Wildman–Crippen LogP) is 4.97. The lowest BCUT2D eigenvalue weighted by atomic mass is 9.92. The quantitative estimate of drug-likeness (QED) is 0.738. The smallest absolute Gasteiger partial charge is 0.311 e. The van der Waals surface area contributed by atoms with Gasteiger partial charge in [-0.05, 0) is 46.5 Å². The van der Waals surface area contributed by atoms with Crippen molar-refractivity contribution in [2.24, 2.45) is 0 Å². The fourth-order valence-corrected chi connectivity index (χ4v) is 3.66. The fraction of sp³-hybridized carbons (Fsp3) is 0.118. The van der Waals surface area contributed by atoms with Gasteiger partial charge < -0.3 is 5.11 Å². The van der Waals surface area contributed by atoms with Gasteiger partial charge in [-0.2, -0.15) is 0 Å². The third-order valence-electron chi connectivity index (χ3n) is 3.53. The number of carboxylic acids is 1. The van der Waals surface area contributed by atoms with Gasteiger partial charge in [-0.3, -0.25) is 4.79 Å². The number of carboxylic acid groups (broad SMARTS) is 1. The molecule has 0 aliphatic carbocycles. The first-order chi connectivity index (χ1) is 10.1. The SMILES string of the molecule is O=C(O)C(Cc1csc2ccccc12)c1cccc(Cl)c1. The van der Waals surface area contributed by atoms with Gasteiger partial charge in [0.15, 0.2) is 0 Å². The van der Waals surface area contributed by atoms with Gasteiger partial charge >= 0.3 is 5.97 Å². The van der Waals surface area contributed by atoms with Gasteiger partial charge in [0.05, 0.1) is 5.92 Å². The van der Waals surface area contributed by atoms with Crippen LogP contribution in [0.4, 0.5) is 0 Å². The van der Waals surface area contributed by atoms with E-state index < -0.39 is 11.9 Å². The minimum absolute atomic E-state index is 0.472. The minimum Gasteiger partial charge on any atom is -0.481 e. The normalized spacial score (nSPS) is 12.4. The van der Waals surface area contributed by atoms with E-state index >= 15 is 0 Å². The Morgan fingerprint density at radius 1 is 1.19 bits per heavy atom.